The van der Waals surface area contributed by atoms with Crippen molar-refractivity contribution in [2.45, 2.75) is 19.8 Å². The number of carbonyl (C=O) groups is 1. The van der Waals surface area contributed by atoms with E-state index in [1.807, 2.05) is 24.9 Å². The Morgan fingerprint density at radius 3 is 2.68 bits per heavy atom. The van der Waals surface area contributed by atoms with E-state index in [1.165, 1.54) is 19.2 Å². The van der Waals surface area contributed by atoms with Crippen LogP contribution in [0, 0.1) is 17.0 Å². The fraction of sp³-hybridized carbons (Fsp3) is 0.462. The lowest BCUT2D eigenvalue weighted by Gasteiger charge is -2.19. The van der Waals surface area contributed by atoms with Crippen LogP contribution in [0.25, 0.3) is 0 Å². The summed E-state index contributed by atoms with van der Waals surface area (Å²) in [4.78, 5) is 23.3. The zero-order chi connectivity index (χ0) is 14.4. The predicted molar refractivity (Wildman–Crippen MR) is 72.4 cm³/mol. The Morgan fingerprint density at radius 1 is 1.42 bits per heavy atom. The smallest absolute Gasteiger partial charge is 0.305 e. The molecule has 0 saturated carbocycles. The van der Waals surface area contributed by atoms with E-state index in [9.17, 15) is 14.9 Å². The molecular weight excluding hydrogens is 248 g/mol. The molecule has 0 saturated heterocycles. The third kappa shape index (κ3) is 4.57. The molecule has 1 rings (SSSR count). The number of aryl methyl sites for hydroxylation is 1. The van der Waals surface area contributed by atoms with E-state index in [0.29, 0.717) is 19.4 Å². The second-order valence-corrected chi connectivity index (χ2v) is 4.39. The third-order valence-electron chi connectivity index (χ3n) is 2.80. The molecule has 1 aromatic carbocycles. The number of anilines is 1. The zero-order valence-electron chi connectivity index (χ0n) is 11.4. The van der Waals surface area contributed by atoms with Gasteiger partial charge in [0.1, 0.15) is 0 Å². The van der Waals surface area contributed by atoms with Crippen LogP contribution in [0.1, 0.15) is 18.4 Å². The summed E-state index contributed by atoms with van der Waals surface area (Å²) in [6.45, 7) is 2.45. The maximum absolute atomic E-state index is 11.0. The van der Waals surface area contributed by atoms with Crippen molar-refractivity contribution in [2.75, 3.05) is 25.6 Å². The highest BCUT2D eigenvalue weighted by Gasteiger charge is 2.11. The lowest BCUT2D eigenvalue weighted by atomic mass is 10.1. The van der Waals surface area contributed by atoms with Crippen molar-refractivity contribution in [3.05, 3.63) is 33.9 Å². The summed E-state index contributed by atoms with van der Waals surface area (Å²) in [5, 5.41) is 10.8. The van der Waals surface area contributed by atoms with Gasteiger partial charge in [-0.1, -0.05) is 0 Å². The van der Waals surface area contributed by atoms with Gasteiger partial charge in [0.2, 0.25) is 0 Å². The minimum absolute atomic E-state index is 0.0785. The molecule has 6 heteroatoms. The predicted octanol–water partition coefficient (Wildman–Crippen LogP) is 2.29. The van der Waals surface area contributed by atoms with Gasteiger partial charge in [-0.15, -0.1) is 0 Å². The van der Waals surface area contributed by atoms with Crippen molar-refractivity contribution >= 4 is 17.3 Å². The Balaban J connectivity index is 2.68. The molecule has 0 spiro atoms. The maximum atomic E-state index is 11.0. The van der Waals surface area contributed by atoms with Gasteiger partial charge in [0.15, 0.2) is 0 Å². The van der Waals surface area contributed by atoms with Gasteiger partial charge in [0.25, 0.3) is 5.69 Å². The minimum atomic E-state index is -0.404. The number of methoxy groups -OCH3 is 1. The molecule has 0 N–H and O–H groups in total. The summed E-state index contributed by atoms with van der Waals surface area (Å²) < 4.78 is 4.56. The van der Waals surface area contributed by atoms with Gasteiger partial charge in [-0.25, -0.2) is 0 Å². The fourth-order valence-corrected chi connectivity index (χ4v) is 1.76. The van der Waals surface area contributed by atoms with E-state index in [1.54, 1.807) is 0 Å². The van der Waals surface area contributed by atoms with Crippen molar-refractivity contribution in [2.24, 2.45) is 0 Å². The van der Waals surface area contributed by atoms with E-state index < -0.39 is 4.92 Å². The molecule has 0 bridgehead atoms. The minimum Gasteiger partial charge on any atom is -0.469 e. The van der Waals surface area contributed by atoms with E-state index >= 15 is 0 Å². The van der Waals surface area contributed by atoms with Gasteiger partial charge in [0, 0.05) is 37.8 Å². The van der Waals surface area contributed by atoms with Crippen molar-refractivity contribution in [3.63, 3.8) is 0 Å². The molecule has 0 fully saturated rings. The average Bonchev–Trinajstić information content (AvgIpc) is 2.37. The number of esters is 1. The molecular formula is C13H18N2O4. The number of nitro benzene ring substituents is 1. The van der Waals surface area contributed by atoms with Crippen LogP contribution in [0.3, 0.4) is 0 Å². The molecule has 19 heavy (non-hydrogen) atoms. The van der Waals surface area contributed by atoms with E-state index in [2.05, 4.69) is 4.74 Å². The van der Waals surface area contributed by atoms with Crippen LogP contribution in [0.2, 0.25) is 0 Å². The van der Waals surface area contributed by atoms with Gasteiger partial charge in [-0.05, 0) is 25.0 Å². The quantitative estimate of drug-likeness (QED) is 0.448. The number of benzene rings is 1. The van der Waals surface area contributed by atoms with Crippen LogP contribution in [-0.4, -0.2) is 31.6 Å². The average molecular weight is 266 g/mol. The third-order valence-corrected chi connectivity index (χ3v) is 2.80. The van der Waals surface area contributed by atoms with Crippen molar-refractivity contribution in [1.82, 2.24) is 0 Å². The van der Waals surface area contributed by atoms with Crippen LogP contribution in [-0.2, 0) is 9.53 Å². The van der Waals surface area contributed by atoms with Crippen molar-refractivity contribution in [3.8, 4) is 0 Å². The summed E-state index contributed by atoms with van der Waals surface area (Å²) >= 11 is 0. The van der Waals surface area contributed by atoms with Gasteiger partial charge < -0.3 is 9.64 Å². The molecule has 0 heterocycles. The number of hydrogen-bond donors (Lipinski definition) is 0. The monoisotopic (exact) mass is 266 g/mol. The summed E-state index contributed by atoms with van der Waals surface area (Å²) in [6, 6.07) is 4.95. The molecule has 0 aliphatic heterocycles. The molecule has 0 radical (unpaired) electrons. The highest BCUT2D eigenvalue weighted by molar-refractivity contribution is 5.69. The van der Waals surface area contributed by atoms with Gasteiger partial charge in [0.05, 0.1) is 12.0 Å². The molecule has 0 aliphatic rings. The number of rotatable bonds is 6. The fourth-order valence-electron chi connectivity index (χ4n) is 1.76. The van der Waals surface area contributed by atoms with Crippen LogP contribution >= 0.6 is 0 Å². The van der Waals surface area contributed by atoms with Crippen LogP contribution in [0.4, 0.5) is 11.4 Å². The first-order valence-electron chi connectivity index (χ1n) is 5.98. The van der Waals surface area contributed by atoms with Gasteiger partial charge >= 0.3 is 5.97 Å². The lowest BCUT2D eigenvalue weighted by Crippen LogP contribution is -2.19. The first kappa shape index (κ1) is 14.9. The summed E-state index contributed by atoms with van der Waals surface area (Å²) in [5.41, 5.74) is 1.69. The van der Waals surface area contributed by atoms with Crippen LogP contribution in [0.5, 0.6) is 0 Å². The second kappa shape index (κ2) is 6.72. The molecule has 0 aliphatic carbocycles. The Labute approximate surface area is 112 Å². The highest BCUT2D eigenvalue weighted by atomic mass is 16.6. The number of non-ortho nitro benzene ring substituents is 1. The van der Waals surface area contributed by atoms with Crippen molar-refractivity contribution < 1.29 is 14.5 Å². The summed E-state index contributed by atoms with van der Waals surface area (Å²) in [6.07, 6.45) is 0.986. The van der Waals surface area contributed by atoms with Gasteiger partial charge in [-0.3, -0.25) is 14.9 Å². The molecule has 104 valence electrons. The van der Waals surface area contributed by atoms with Crippen LogP contribution < -0.4 is 4.90 Å². The summed E-state index contributed by atoms with van der Waals surface area (Å²) in [7, 11) is 3.20. The number of hydrogen-bond acceptors (Lipinski definition) is 5. The lowest BCUT2D eigenvalue weighted by molar-refractivity contribution is -0.384. The SMILES string of the molecule is COC(=O)CCCN(C)c1cc(C)cc([N+](=O)[O-])c1. The topological polar surface area (TPSA) is 72.7 Å². The Hall–Kier alpha value is -2.11. The highest BCUT2D eigenvalue weighted by Crippen LogP contribution is 2.23. The van der Waals surface area contributed by atoms with Crippen molar-refractivity contribution in [1.29, 1.82) is 0 Å². The Bertz CT molecular complexity index is 474. The Morgan fingerprint density at radius 2 is 2.11 bits per heavy atom. The Kier molecular flexibility index (Phi) is 5.29. The number of carbonyl (C=O) groups excluding carboxylic acids is 1. The number of ether oxygens (including phenoxy) is 1. The summed E-state index contributed by atoms with van der Waals surface area (Å²) in [5.74, 6) is -0.247. The maximum Gasteiger partial charge on any atom is 0.305 e. The zero-order valence-corrected chi connectivity index (χ0v) is 11.4. The van der Waals surface area contributed by atoms with E-state index in [-0.39, 0.29) is 11.7 Å². The molecule has 0 atom stereocenters. The van der Waals surface area contributed by atoms with Crippen LogP contribution in [0.15, 0.2) is 18.2 Å². The first-order valence-corrected chi connectivity index (χ1v) is 5.98. The van der Waals surface area contributed by atoms with E-state index in [4.69, 9.17) is 0 Å². The molecule has 0 unspecified atom stereocenters. The molecule has 1 aromatic rings. The normalized spacial score (nSPS) is 10.1. The molecule has 6 nitrogen and oxygen atoms in total. The van der Waals surface area contributed by atoms with E-state index in [0.717, 1.165) is 11.3 Å². The molecule has 0 aromatic heterocycles. The van der Waals surface area contributed by atoms with Gasteiger partial charge in [-0.2, -0.15) is 0 Å². The number of nitrogens with zero attached hydrogens (tertiary/aromatic N) is 2. The number of nitro groups is 1. The first-order chi connectivity index (χ1) is 8.93. The second-order valence-electron chi connectivity index (χ2n) is 4.39. The standard InChI is InChI=1S/C13H18N2O4/c1-10-7-11(9-12(8-10)15(17)18)14(2)6-4-5-13(16)19-3/h7-9H,4-6H2,1-3H3. The molecule has 0 amide bonds. The largest absolute Gasteiger partial charge is 0.469 e.